The third-order valence-corrected chi connectivity index (χ3v) is 4.71. The molecule has 0 aliphatic carbocycles. The fourth-order valence-electron chi connectivity index (χ4n) is 2.73. The molecule has 1 amide bonds. The van der Waals surface area contributed by atoms with Crippen LogP contribution in [0.3, 0.4) is 0 Å². The third-order valence-electron chi connectivity index (χ3n) is 4.71. The summed E-state index contributed by atoms with van der Waals surface area (Å²) in [5.41, 5.74) is 0.650. The van der Waals surface area contributed by atoms with Gasteiger partial charge in [0.1, 0.15) is 11.6 Å². The normalized spacial score (nSPS) is 16.6. The summed E-state index contributed by atoms with van der Waals surface area (Å²) >= 11 is 0. The van der Waals surface area contributed by atoms with Gasteiger partial charge in [-0.2, -0.15) is 0 Å². The summed E-state index contributed by atoms with van der Waals surface area (Å²) < 4.78 is 19.8. The minimum Gasteiger partial charge on any atom is -0.493 e. The molecule has 1 fully saturated rings. The second kappa shape index (κ2) is 9.18. The van der Waals surface area contributed by atoms with E-state index in [1.807, 2.05) is 13.0 Å². The number of rotatable bonds is 9. The number of halogens is 1. The van der Waals surface area contributed by atoms with E-state index in [0.29, 0.717) is 43.5 Å². The van der Waals surface area contributed by atoms with Crippen LogP contribution in [0.15, 0.2) is 18.2 Å². The van der Waals surface area contributed by atoms with Crippen LogP contribution in [-0.2, 0) is 11.3 Å². The van der Waals surface area contributed by atoms with Crippen LogP contribution in [-0.4, -0.2) is 36.5 Å². The lowest BCUT2D eigenvalue weighted by molar-refractivity contribution is -0.131. The van der Waals surface area contributed by atoms with Crippen LogP contribution in [0.5, 0.6) is 5.75 Å². The maximum atomic E-state index is 14.2. The number of ether oxygens (including phenoxy) is 1. The summed E-state index contributed by atoms with van der Waals surface area (Å²) in [6, 6.07) is 5.28. The zero-order chi connectivity index (χ0) is 18.4. The first kappa shape index (κ1) is 19.7. The van der Waals surface area contributed by atoms with Crippen molar-refractivity contribution in [3.8, 4) is 5.75 Å². The minimum absolute atomic E-state index is 0.0238. The monoisotopic (exact) mass is 350 g/mol. The minimum atomic E-state index is -0.241. The number of nitrogens with zero attached hydrogens (tertiary/aromatic N) is 1. The van der Waals surface area contributed by atoms with Crippen LogP contribution < -0.4 is 10.1 Å². The first-order valence-corrected chi connectivity index (χ1v) is 9.33. The number of hydrogen-bond donors (Lipinski definition) is 1. The summed E-state index contributed by atoms with van der Waals surface area (Å²) in [6.45, 7) is 10.8. The Kier molecular flexibility index (Phi) is 7.24. The molecule has 5 heteroatoms. The molecule has 1 atom stereocenters. The molecule has 1 N–H and O–H groups in total. The van der Waals surface area contributed by atoms with Gasteiger partial charge in [0, 0.05) is 37.3 Å². The Hall–Kier alpha value is -1.62. The molecule has 1 aliphatic rings. The highest BCUT2D eigenvalue weighted by Crippen LogP contribution is 2.23. The van der Waals surface area contributed by atoms with Crippen molar-refractivity contribution < 1.29 is 13.9 Å². The Labute approximate surface area is 150 Å². The van der Waals surface area contributed by atoms with E-state index in [0.717, 1.165) is 12.8 Å². The molecule has 2 rings (SSSR count). The lowest BCUT2D eigenvalue weighted by Gasteiger charge is -2.38. The molecule has 0 spiro atoms. The molecule has 0 bridgehead atoms. The Bertz CT molecular complexity index is 571. The number of carbonyl (C=O) groups excluding carboxylic acids is 1. The highest BCUT2D eigenvalue weighted by molar-refractivity contribution is 5.80. The third kappa shape index (κ3) is 5.99. The van der Waals surface area contributed by atoms with Gasteiger partial charge in [0.15, 0.2) is 0 Å². The first-order valence-electron chi connectivity index (χ1n) is 9.33. The maximum absolute atomic E-state index is 14.2. The molecule has 140 valence electrons. The number of benzene rings is 1. The van der Waals surface area contributed by atoms with Crippen molar-refractivity contribution in [3.63, 3.8) is 0 Å². The number of carbonyl (C=O) groups is 1. The fraction of sp³-hybridized carbons (Fsp3) is 0.650. The predicted molar refractivity (Wildman–Crippen MR) is 98.0 cm³/mol. The Balaban J connectivity index is 1.77. The maximum Gasteiger partial charge on any atom is 0.225 e. The van der Waals surface area contributed by atoms with Gasteiger partial charge < -0.3 is 10.1 Å². The summed E-state index contributed by atoms with van der Waals surface area (Å²) in [7, 11) is 0. The average molecular weight is 350 g/mol. The van der Waals surface area contributed by atoms with Crippen LogP contribution >= 0.6 is 0 Å². The zero-order valence-electron chi connectivity index (χ0n) is 15.8. The van der Waals surface area contributed by atoms with Crippen LogP contribution in [0, 0.1) is 17.7 Å². The second-order valence-electron chi connectivity index (χ2n) is 7.49. The van der Waals surface area contributed by atoms with Crippen LogP contribution in [0.25, 0.3) is 0 Å². The molecule has 0 saturated carbocycles. The van der Waals surface area contributed by atoms with E-state index in [2.05, 4.69) is 31.0 Å². The van der Waals surface area contributed by atoms with Crippen molar-refractivity contribution in [1.29, 1.82) is 0 Å². The number of amides is 1. The van der Waals surface area contributed by atoms with Crippen LogP contribution in [0.1, 0.15) is 46.1 Å². The predicted octanol–water partition coefficient (Wildman–Crippen LogP) is 3.60. The molecule has 0 unspecified atom stereocenters. The topological polar surface area (TPSA) is 41.6 Å². The highest BCUT2D eigenvalue weighted by atomic mass is 19.1. The molecule has 1 heterocycles. The van der Waals surface area contributed by atoms with Crippen molar-refractivity contribution in [3.05, 3.63) is 29.6 Å². The lowest BCUT2D eigenvalue weighted by atomic mass is 9.97. The Morgan fingerprint density at radius 3 is 2.68 bits per heavy atom. The van der Waals surface area contributed by atoms with Gasteiger partial charge in [-0.1, -0.05) is 26.8 Å². The number of likely N-dealkylation sites (tertiary alicyclic amines) is 1. The lowest BCUT2D eigenvalue weighted by Crippen LogP contribution is -2.54. The van der Waals surface area contributed by atoms with Gasteiger partial charge in [0.2, 0.25) is 5.91 Å². The summed E-state index contributed by atoms with van der Waals surface area (Å²) in [4.78, 5) is 14.1. The van der Waals surface area contributed by atoms with Crippen molar-refractivity contribution in [1.82, 2.24) is 10.2 Å². The van der Waals surface area contributed by atoms with E-state index in [1.54, 1.807) is 6.07 Å². The molecule has 25 heavy (non-hydrogen) atoms. The molecular formula is C20H31FN2O2. The largest absolute Gasteiger partial charge is 0.493 e. The van der Waals surface area contributed by atoms with Gasteiger partial charge in [-0.3, -0.25) is 9.69 Å². The van der Waals surface area contributed by atoms with E-state index >= 15 is 0 Å². The SMILES string of the molecule is CC[C@@H](C)NC(=O)C1CN(Cc2ccc(OCCC(C)C)cc2F)C1. The molecule has 1 aromatic carbocycles. The van der Waals surface area contributed by atoms with Gasteiger partial charge >= 0.3 is 0 Å². The molecule has 0 aromatic heterocycles. The molecular weight excluding hydrogens is 319 g/mol. The van der Waals surface area contributed by atoms with E-state index in [1.165, 1.54) is 6.07 Å². The Morgan fingerprint density at radius 2 is 2.08 bits per heavy atom. The number of hydrogen-bond acceptors (Lipinski definition) is 3. The Morgan fingerprint density at radius 1 is 1.36 bits per heavy atom. The molecule has 1 saturated heterocycles. The van der Waals surface area contributed by atoms with Crippen LogP contribution in [0.4, 0.5) is 4.39 Å². The van der Waals surface area contributed by atoms with Crippen molar-refractivity contribution in [2.45, 2.75) is 53.1 Å². The van der Waals surface area contributed by atoms with Gasteiger partial charge in [-0.05, 0) is 31.7 Å². The summed E-state index contributed by atoms with van der Waals surface area (Å²) in [5.74, 6) is 1.04. The molecule has 4 nitrogen and oxygen atoms in total. The van der Waals surface area contributed by atoms with Gasteiger partial charge in [-0.25, -0.2) is 4.39 Å². The summed E-state index contributed by atoms with van der Waals surface area (Å²) in [5, 5.41) is 3.01. The smallest absolute Gasteiger partial charge is 0.225 e. The van der Waals surface area contributed by atoms with E-state index in [9.17, 15) is 9.18 Å². The first-order chi connectivity index (χ1) is 11.9. The van der Waals surface area contributed by atoms with Crippen LogP contribution in [0.2, 0.25) is 0 Å². The fourth-order valence-corrected chi connectivity index (χ4v) is 2.73. The second-order valence-corrected chi connectivity index (χ2v) is 7.49. The summed E-state index contributed by atoms with van der Waals surface area (Å²) in [6.07, 6.45) is 1.89. The standard InChI is InChI=1S/C20H31FN2O2/c1-5-15(4)22-20(24)17-12-23(13-17)11-16-6-7-18(10-19(16)21)25-9-8-14(2)3/h6-7,10,14-15,17H,5,8-9,11-13H2,1-4H3,(H,22,24)/t15-/m1/s1. The quantitative estimate of drug-likeness (QED) is 0.740. The average Bonchev–Trinajstić information content (AvgIpc) is 2.51. The zero-order valence-corrected chi connectivity index (χ0v) is 15.8. The van der Waals surface area contributed by atoms with Gasteiger partial charge in [0.05, 0.1) is 12.5 Å². The number of nitrogens with one attached hydrogen (secondary N) is 1. The van der Waals surface area contributed by atoms with E-state index in [4.69, 9.17) is 4.74 Å². The van der Waals surface area contributed by atoms with Crippen molar-refractivity contribution >= 4 is 5.91 Å². The van der Waals surface area contributed by atoms with E-state index in [-0.39, 0.29) is 23.7 Å². The van der Waals surface area contributed by atoms with Crippen molar-refractivity contribution in [2.75, 3.05) is 19.7 Å². The van der Waals surface area contributed by atoms with Gasteiger partial charge in [-0.15, -0.1) is 0 Å². The van der Waals surface area contributed by atoms with E-state index < -0.39 is 0 Å². The van der Waals surface area contributed by atoms with Gasteiger partial charge in [0.25, 0.3) is 0 Å². The molecule has 1 aromatic rings. The molecule has 0 radical (unpaired) electrons. The van der Waals surface area contributed by atoms with Crippen molar-refractivity contribution in [2.24, 2.45) is 11.8 Å². The highest BCUT2D eigenvalue weighted by Gasteiger charge is 2.33. The molecule has 1 aliphatic heterocycles.